The van der Waals surface area contributed by atoms with Gasteiger partial charge in [0.05, 0.1) is 52.9 Å². The Balaban J connectivity index is 0.777. The maximum atomic E-state index is 12.3. The van der Waals surface area contributed by atoms with Gasteiger partial charge in [-0.3, -0.25) is 0 Å². The predicted molar refractivity (Wildman–Crippen MR) is 206 cm³/mol. The molecule has 1 aliphatic rings. The number of nitrogens with one attached hydrogen (secondary N) is 1. The van der Waals surface area contributed by atoms with Crippen molar-refractivity contribution < 1.29 is 33.2 Å². The van der Waals surface area contributed by atoms with Crippen LogP contribution in [0.25, 0.3) is 11.1 Å². The molecule has 0 radical (unpaired) electrons. The van der Waals surface area contributed by atoms with E-state index in [-0.39, 0.29) is 5.92 Å². The second kappa shape index (κ2) is 20.4. The lowest BCUT2D eigenvalue weighted by molar-refractivity contribution is -0.0384. The summed E-state index contributed by atoms with van der Waals surface area (Å²) in [7, 11) is 0. The minimum Gasteiger partial charge on any atom is -0.449 e. The second-order valence-corrected chi connectivity index (χ2v) is 12.7. The molecule has 0 heterocycles. The molecule has 1 amide bonds. The van der Waals surface area contributed by atoms with Gasteiger partial charge in [0.1, 0.15) is 12.2 Å². The molecule has 0 unspecified atom stereocenters. The Labute approximate surface area is 313 Å². The standard InChI is InChI=1S/C45H49NO7/c47-44(52-35-43-41-23-12-10-21-39(41)40-22-11-13-24-42(40)43)46-25-14-26-48-27-28-49-29-30-50-31-32-51-33-34-53-45(36-15-4-1-5-16-36,37-17-6-2-7-18-37)38-19-8-3-9-20-38/h1-13,15-24,43H,14,25-35H2,(H,46,47). The molecule has 276 valence electrons. The molecule has 8 heteroatoms. The summed E-state index contributed by atoms with van der Waals surface area (Å²) >= 11 is 0. The number of carbonyl (C=O) groups excluding carboxylic acids is 1. The van der Waals surface area contributed by atoms with Crippen molar-refractivity contribution >= 4 is 6.09 Å². The number of amides is 1. The van der Waals surface area contributed by atoms with Crippen molar-refractivity contribution in [2.24, 2.45) is 0 Å². The third kappa shape index (κ3) is 10.2. The van der Waals surface area contributed by atoms with Crippen LogP contribution in [0, 0.1) is 0 Å². The van der Waals surface area contributed by atoms with Crippen LogP contribution in [0.1, 0.15) is 40.2 Å². The maximum absolute atomic E-state index is 12.3. The Morgan fingerprint density at radius 2 is 0.887 bits per heavy atom. The molecule has 1 aliphatic carbocycles. The lowest BCUT2D eigenvalue weighted by atomic mass is 9.80. The van der Waals surface area contributed by atoms with Crippen molar-refractivity contribution in [1.82, 2.24) is 5.32 Å². The number of ether oxygens (including phenoxy) is 6. The smallest absolute Gasteiger partial charge is 0.407 e. The zero-order chi connectivity index (χ0) is 36.4. The molecule has 0 spiro atoms. The topological polar surface area (TPSA) is 84.5 Å². The van der Waals surface area contributed by atoms with E-state index in [1.165, 1.54) is 22.3 Å². The van der Waals surface area contributed by atoms with Gasteiger partial charge in [0.25, 0.3) is 0 Å². The van der Waals surface area contributed by atoms with Gasteiger partial charge in [-0.05, 0) is 45.4 Å². The molecule has 0 atom stereocenters. The van der Waals surface area contributed by atoms with Crippen molar-refractivity contribution in [3.05, 3.63) is 167 Å². The van der Waals surface area contributed by atoms with Gasteiger partial charge in [-0.2, -0.15) is 0 Å². The van der Waals surface area contributed by atoms with Crippen molar-refractivity contribution in [3.63, 3.8) is 0 Å². The van der Waals surface area contributed by atoms with Crippen molar-refractivity contribution in [2.45, 2.75) is 17.9 Å². The number of hydrogen-bond acceptors (Lipinski definition) is 7. The van der Waals surface area contributed by atoms with E-state index in [4.69, 9.17) is 28.4 Å². The number of carbonyl (C=O) groups is 1. The number of fused-ring (bicyclic) bond motifs is 3. The molecule has 0 saturated carbocycles. The number of benzene rings is 5. The SMILES string of the molecule is O=C(NCCCOCCOCCOCCOCCOC(c1ccccc1)(c1ccccc1)c1ccccc1)OCC1c2ccccc2-c2ccccc21. The van der Waals surface area contributed by atoms with Crippen LogP contribution in [-0.4, -0.2) is 78.7 Å². The molecule has 0 aliphatic heterocycles. The molecule has 5 aromatic carbocycles. The van der Waals surface area contributed by atoms with Crippen LogP contribution in [0.5, 0.6) is 0 Å². The predicted octanol–water partition coefficient (Wildman–Crippen LogP) is 7.99. The monoisotopic (exact) mass is 715 g/mol. The van der Waals surface area contributed by atoms with Gasteiger partial charge in [0.2, 0.25) is 0 Å². The highest BCUT2D eigenvalue weighted by molar-refractivity contribution is 5.79. The first kappa shape index (κ1) is 37.9. The van der Waals surface area contributed by atoms with Gasteiger partial charge in [-0.1, -0.05) is 140 Å². The molecule has 0 aromatic heterocycles. The van der Waals surface area contributed by atoms with E-state index in [1.807, 2.05) is 78.9 Å². The summed E-state index contributed by atoms with van der Waals surface area (Å²) < 4.78 is 35.1. The third-order valence-corrected chi connectivity index (χ3v) is 9.28. The van der Waals surface area contributed by atoms with E-state index in [2.05, 4.69) is 66.0 Å². The molecule has 8 nitrogen and oxygen atoms in total. The summed E-state index contributed by atoms with van der Waals surface area (Å²) in [5.41, 5.74) is 7.25. The number of alkyl carbamates (subject to hydrolysis) is 1. The first-order valence-electron chi connectivity index (χ1n) is 18.5. The normalized spacial score (nSPS) is 12.3. The van der Waals surface area contributed by atoms with Crippen molar-refractivity contribution in [3.8, 4) is 11.1 Å². The largest absolute Gasteiger partial charge is 0.449 e. The van der Waals surface area contributed by atoms with E-state index in [0.29, 0.717) is 79.0 Å². The molecule has 5 aromatic rings. The summed E-state index contributed by atoms with van der Waals surface area (Å²) in [6.45, 7) is 4.99. The summed E-state index contributed by atoms with van der Waals surface area (Å²) in [5, 5.41) is 2.82. The van der Waals surface area contributed by atoms with Crippen LogP contribution in [0.15, 0.2) is 140 Å². The molecule has 0 fully saturated rings. The zero-order valence-corrected chi connectivity index (χ0v) is 30.2. The molecule has 53 heavy (non-hydrogen) atoms. The van der Waals surface area contributed by atoms with Crippen LogP contribution in [0.2, 0.25) is 0 Å². The van der Waals surface area contributed by atoms with Crippen molar-refractivity contribution in [2.75, 3.05) is 72.6 Å². The van der Waals surface area contributed by atoms with Gasteiger partial charge in [0, 0.05) is 19.1 Å². The van der Waals surface area contributed by atoms with Gasteiger partial charge in [0.15, 0.2) is 0 Å². The van der Waals surface area contributed by atoms with Crippen LogP contribution in [-0.2, 0) is 34.0 Å². The average molecular weight is 716 g/mol. The second-order valence-electron chi connectivity index (χ2n) is 12.7. The lowest BCUT2D eigenvalue weighted by Crippen LogP contribution is -2.34. The third-order valence-electron chi connectivity index (χ3n) is 9.28. The highest BCUT2D eigenvalue weighted by Gasteiger charge is 2.37. The maximum Gasteiger partial charge on any atom is 0.407 e. The minimum absolute atomic E-state index is 0.0492. The molecule has 0 saturated heterocycles. The molecular weight excluding hydrogens is 666 g/mol. The van der Waals surface area contributed by atoms with E-state index < -0.39 is 11.7 Å². The first-order valence-corrected chi connectivity index (χ1v) is 18.5. The van der Waals surface area contributed by atoms with E-state index in [1.54, 1.807) is 0 Å². The summed E-state index contributed by atoms with van der Waals surface area (Å²) in [5.74, 6) is 0.0492. The van der Waals surface area contributed by atoms with E-state index in [9.17, 15) is 4.79 Å². The van der Waals surface area contributed by atoms with Gasteiger partial charge in [-0.25, -0.2) is 4.79 Å². The quantitative estimate of drug-likeness (QED) is 0.0575. The van der Waals surface area contributed by atoms with Crippen LogP contribution < -0.4 is 5.32 Å². The Kier molecular flexibility index (Phi) is 14.6. The van der Waals surface area contributed by atoms with Crippen LogP contribution in [0.4, 0.5) is 4.79 Å². The average Bonchev–Trinajstić information content (AvgIpc) is 3.54. The summed E-state index contributed by atoms with van der Waals surface area (Å²) in [6, 6.07) is 47.6. The fraction of sp³-hybridized carbons (Fsp3) is 0.311. The van der Waals surface area contributed by atoms with Gasteiger partial charge < -0.3 is 33.7 Å². The summed E-state index contributed by atoms with van der Waals surface area (Å²) in [4.78, 5) is 12.3. The number of rotatable bonds is 22. The van der Waals surface area contributed by atoms with Gasteiger partial charge in [-0.15, -0.1) is 0 Å². The van der Waals surface area contributed by atoms with E-state index in [0.717, 1.165) is 16.7 Å². The fourth-order valence-corrected chi connectivity index (χ4v) is 6.80. The van der Waals surface area contributed by atoms with Gasteiger partial charge >= 0.3 is 6.09 Å². The lowest BCUT2D eigenvalue weighted by Gasteiger charge is -2.36. The highest BCUT2D eigenvalue weighted by Crippen LogP contribution is 2.44. The molecule has 1 N–H and O–H groups in total. The van der Waals surface area contributed by atoms with Crippen molar-refractivity contribution in [1.29, 1.82) is 0 Å². The minimum atomic E-state index is -0.757. The fourth-order valence-electron chi connectivity index (χ4n) is 6.80. The van der Waals surface area contributed by atoms with Crippen LogP contribution in [0.3, 0.4) is 0 Å². The molecule has 0 bridgehead atoms. The summed E-state index contributed by atoms with van der Waals surface area (Å²) in [6.07, 6.45) is 0.273. The zero-order valence-electron chi connectivity index (χ0n) is 30.2. The Morgan fingerprint density at radius 1 is 0.491 bits per heavy atom. The van der Waals surface area contributed by atoms with E-state index >= 15 is 0 Å². The number of hydrogen-bond donors (Lipinski definition) is 1. The van der Waals surface area contributed by atoms with Crippen LogP contribution >= 0.6 is 0 Å². The Bertz CT molecular complexity index is 1660. The Morgan fingerprint density at radius 3 is 1.36 bits per heavy atom. The Hall–Kier alpha value is -4.83. The highest BCUT2D eigenvalue weighted by atomic mass is 16.6. The molecule has 6 rings (SSSR count). The molecular formula is C45H49NO7. The first-order chi connectivity index (χ1) is 26.3.